The lowest BCUT2D eigenvalue weighted by Gasteiger charge is -2.20. The van der Waals surface area contributed by atoms with Crippen LogP contribution in [0.2, 0.25) is 0 Å². The molecule has 1 N–H and O–H groups in total. The van der Waals surface area contributed by atoms with Crippen LogP contribution in [0.3, 0.4) is 0 Å². The summed E-state index contributed by atoms with van der Waals surface area (Å²) in [6.45, 7) is 10.9. The maximum Gasteiger partial charge on any atom is 0.344 e. The van der Waals surface area contributed by atoms with E-state index in [2.05, 4.69) is 5.32 Å². The van der Waals surface area contributed by atoms with E-state index in [1.165, 1.54) is 0 Å². The fraction of sp³-hybridized carbons (Fsp3) is 0.556. The molecule has 0 unspecified atom stereocenters. The van der Waals surface area contributed by atoms with Gasteiger partial charge >= 0.3 is 5.97 Å². The molecule has 0 atom stereocenters. The van der Waals surface area contributed by atoms with Crippen LogP contribution in [0.15, 0.2) is 24.3 Å². The number of benzene rings is 1. The molecular weight excluding hydrogens is 310 g/mol. The van der Waals surface area contributed by atoms with E-state index in [1.54, 1.807) is 45.0 Å². The van der Waals surface area contributed by atoms with E-state index in [0.29, 0.717) is 11.5 Å². The lowest BCUT2D eigenvalue weighted by atomic mass is 10.1. The second-order valence-electron chi connectivity index (χ2n) is 7.43. The number of carbonyl (C=O) groups is 2. The predicted octanol–water partition coefficient (Wildman–Crippen LogP) is 2.70. The van der Waals surface area contributed by atoms with Crippen LogP contribution in [0.25, 0.3) is 0 Å². The molecular formula is C18H27NO5. The lowest BCUT2D eigenvalue weighted by molar-refractivity contribution is -0.157. The minimum Gasteiger partial charge on any atom is -0.484 e. The van der Waals surface area contributed by atoms with Gasteiger partial charge in [0.15, 0.2) is 13.2 Å². The molecule has 1 rings (SSSR count). The molecule has 0 saturated carbocycles. The largest absolute Gasteiger partial charge is 0.484 e. The molecule has 0 fully saturated rings. The number of nitrogens with one attached hydrogen (secondary N) is 1. The number of carbonyl (C=O) groups excluding carboxylic acids is 2. The zero-order valence-electron chi connectivity index (χ0n) is 15.3. The van der Waals surface area contributed by atoms with Gasteiger partial charge in [-0.2, -0.15) is 0 Å². The zero-order valence-corrected chi connectivity index (χ0v) is 15.3. The number of ether oxygens (including phenoxy) is 3. The number of hydrogen-bond acceptors (Lipinski definition) is 5. The van der Waals surface area contributed by atoms with Crippen molar-refractivity contribution in [2.24, 2.45) is 0 Å². The van der Waals surface area contributed by atoms with Crippen molar-refractivity contribution >= 4 is 11.9 Å². The number of esters is 1. The molecule has 0 bridgehead atoms. The summed E-state index contributed by atoms with van der Waals surface area (Å²) in [4.78, 5) is 23.3. The minimum atomic E-state index is -0.536. The fourth-order valence-electron chi connectivity index (χ4n) is 1.75. The molecule has 1 aromatic rings. The van der Waals surface area contributed by atoms with Gasteiger partial charge in [-0.25, -0.2) is 4.79 Å². The Balaban J connectivity index is 2.41. The van der Waals surface area contributed by atoms with E-state index >= 15 is 0 Å². The van der Waals surface area contributed by atoms with Crippen LogP contribution >= 0.6 is 0 Å². The van der Waals surface area contributed by atoms with Gasteiger partial charge in [0.05, 0.1) is 0 Å². The quantitative estimate of drug-likeness (QED) is 0.808. The summed E-state index contributed by atoms with van der Waals surface area (Å²) in [5.74, 6) is 0.449. The first kappa shape index (κ1) is 19.8. The minimum absolute atomic E-state index is 0.0601. The van der Waals surface area contributed by atoms with Crippen LogP contribution in [0, 0.1) is 0 Å². The van der Waals surface area contributed by atoms with Crippen molar-refractivity contribution in [1.29, 1.82) is 0 Å². The summed E-state index contributed by atoms with van der Waals surface area (Å²) < 4.78 is 15.9. The molecule has 0 heterocycles. The van der Waals surface area contributed by atoms with E-state index in [0.717, 1.165) is 0 Å². The molecule has 0 aliphatic heterocycles. The third-order valence-corrected chi connectivity index (χ3v) is 2.48. The van der Waals surface area contributed by atoms with Crippen molar-refractivity contribution in [3.05, 3.63) is 24.3 Å². The van der Waals surface area contributed by atoms with E-state index in [4.69, 9.17) is 14.2 Å². The molecule has 6 nitrogen and oxygen atoms in total. The van der Waals surface area contributed by atoms with E-state index in [-0.39, 0.29) is 24.7 Å². The van der Waals surface area contributed by atoms with Crippen LogP contribution in [-0.2, 0) is 14.3 Å². The Morgan fingerprint density at radius 2 is 1.33 bits per heavy atom. The highest BCUT2D eigenvalue weighted by Gasteiger charge is 2.16. The van der Waals surface area contributed by atoms with Crippen LogP contribution in [0.5, 0.6) is 11.5 Å². The topological polar surface area (TPSA) is 73.9 Å². The van der Waals surface area contributed by atoms with Crippen LogP contribution in [0.1, 0.15) is 41.5 Å². The Labute approximate surface area is 143 Å². The van der Waals surface area contributed by atoms with Crippen LogP contribution in [-0.4, -0.2) is 36.2 Å². The molecule has 0 spiro atoms. The highest BCUT2D eigenvalue weighted by Crippen LogP contribution is 2.18. The normalized spacial score (nSPS) is 11.6. The first-order chi connectivity index (χ1) is 10.9. The highest BCUT2D eigenvalue weighted by molar-refractivity contribution is 5.78. The van der Waals surface area contributed by atoms with Crippen molar-refractivity contribution in [3.63, 3.8) is 0 Å². The maximum atomic E-state index is 11.7. The van der Waals surface area contributed by atoms with Gasteiger partial charge in [-0.1, -0.05) is 0 Å². The van der Waals surface area contributed by atoms with Gasteiger partial charge in [0.2, 0.25) is 0 Å². The van der Waals surface area contributed by atoms with Crippen molar-refractivity contribution in [2.45, 2.75) is 52.7 Å². The Morgan fingerprint density at radius 1 is 0.875 bits per heavy atom. The van der Waals surface area contributed by atoms with Crippen LogP contribution < -0.4 is 14.8 Å². The molecule has 24 heavy (non-hydrogen) atoms. The van der Waals surface area contributed by atoms with Crippen LogP contribution in [0.4, 0.5) is 0 Å². The molecule has 0 radical (unpaired) electrons. The Bertz CT molecular complexity index is 501. The molecule has 0 saturated heterocycles. The van der Waals surface area contributed by atoms with Gasteiger partial charge in [-0.05, 0) is 65.8 Å². The van der Waals surface area contributed by atoms with Crippen molar-refractivity contribution in [1.82, 2.24) is 5.32 Å². The summed E-state index contributed by atoms with van der Waals surface area (Å²) in [6.07, 6.45) is 0. The van der Waals surface area contributed by atoms with E-state index in [9.17, 15) is 9.59 Å². The van der Waals surface area contributed by atoms with Gasteiger partial charge in [0.1, 0.15) is 17.1 Å². The SMILES string of the molecule is CC(C)(C)NC(=O)COc1ccc(OCC(=O)OC(C)(C)C)cc1. The fourth-order valence-corrected chi connectivity index (χ4v) is 1.75. The highest BCUT2D eigenvalue weighted by atomic mass is 16.6. The predicted molar refractivity (Wildman–Crippen MR) is 91.2 cm³/mol. The summed E-state index contributed by atoms with van der Waals surface area (Å²) in [5, 5.41) is 2.81. The molecule has 0 aromatic heterocycles. The van der Waals surface area contributed by atoms with E-state index in [1.807, 2.05) is 20.8 Å². The Morgan fingerprint density at radius 3 is 1.75 bits per heavy atom. The zero-order chi connectivity index (χ0) is 18.4. The van der Waals surface area contributed by atoms with Gasteiger partial charge in [-0.15, -0.1) is 0 Å². The second kappa shape index (κ2) is 8.04. The third-order valence-electron chi connectivity index (χ3n) is 2.48. The lowest BCUT2D eigenvalue weighted by Crippen LogP contribution is -2.43. The molecule has 0 aliphatic carbocycles. The maximum absolute atomic E-state index is 11.7. The summed E-state index contributed by atoms with van der Waals surface area (Å²) in [5.41, 5.74) is -0.828. The van der Waals surface area contributed by atoms with Crippen molar-refractivity contribution < 1.29 is 23.8 Å². The Hall–Kier alpha value is -2.24. The first-order valence-electron chi connectivity index (χ1n) is 7.83. The van der Waals surface area contributed by atoms with Gasteiger partial charge < -0.3 is 19.5 Å². The van der Waals surface area contributed by atoms with Crippen molar-refractivity contribution in [2.75, 3.05) is 13.2 Å². The number of hydrogen-bond donors (Lipinski definition) is 1. The molecule has 6 heteroatoms. The van der Waals surface area contributed by atoms with Crippen molar-refractivity contribution in [3.8, 4) is 11.5 Å². The third kappa shape index (κ3) is 9.02. The summed E-state index contributed by atoms with van der Waals surface area (Å²) in [7, 11) is 0. The molecule has 1 amide bonds. The smallest absolute Gasteiger partial charge is 0.344 e. The summed E-state index contributed by atoms with van der Waals surface area (Å²) in [6, 6.07) is 6.69. The monoisotopic (exact) mass is 337 g/mol. The van der Waals surface area contributed by atoms with Gasteiger partial charge in [0.25, 0.3) is 5.91 Å². The standard InChI is InChI=1S/C18H27NO5/c1-17(2,3)19-15(20)11-22-13-7-9-14(10-8-13)23-12-16(21)24-18(4,5)6/h7-10H,11-12H2,1-6H3,(H,19,20). The summed E-state index contributed by atoms with van der Waals surface area (Å²) >= 11 is 0. The second-order valence-corrected chi connectivity index (χ2v) is 7.43. The average molecular weight is 337 g/mol. The number of amides is 1. The average Bonchev–Trinajstić information content (AvgIpc) is 2.40. The molecule has 0 aliphatic rings. The van der Waals surface area contributed by atoms with Gasteiger partial charge in [0, 0.05) is 5.54 Å². The molecule has 1 aromatic carbocycles. The number of rotatable bonds is 6. The molecule has 134 valence electrons. The van der Waals surface area contributed by atoms with E-state index < -0.39 is 11.6 Å². The first-order valence-corrected chi connectivity index (χ1v) is 7.83. The van der Waals surface area contributed by atoms with Gasteiger partial charge in [-0.3, -0.25) is 4.79 Å². The Kier molecular flexibility index (Phi) is 6.63.